The summed E-state index contributed by atoms with van der Waals surface area (Å²) in [5.74, 6) is 0. The second-order valence-electron chi connectivity index (χ2n) is 4.58. The Hall–Kier alpha value is -0.960. The molecule has 0 saturated carbocycles. The van der Waals surface area contributed by atoms with Gasteiger partial charge in [0.15, 0.2) is 0 Å². The lowest BCUT2D eigenvalue weighted by molar-refractivity contribution is 0.181. The highest BCUT2D eigenvalue weighted by Gasteiger charge is 2.31. The molecule has 1 aromatic heterocycles. The van der Waals surface area contributed by atoms with Crippen molar-refractivity contribution >= 4 is 10.0 Å². The van der Waals surface area contributed by atoms with Gasteiger partial charge in [0.25, 0.3) is 0 Å². The van der Waals surface area contributed by atoms with E-state index >= 15 is 0 Å². The first-order valence-corrected chi connectivity index (χ1v) is 7.72. The standard InChI is InChI=1S/C11H20N4O3S/c1-12-4-5-15-8-11(7-13-15)19(16,17)14(2)10-3-6-18-9-10/h7-8,10,12H,3-6,9H2,1-2H3. The van der Waals surface area contributed by atoms with E-state index in [1.807, 2.05) is 7.05 Å². The van der Waals surface area contributed by atoms with Gasteiger partial charge >= 0.3 is 0 Å². The van der Waals surface area contributed by atoms with Crippen LogP contribution in [0.3, 0.4) is 0 Å². The van der Waals surface area contributed by atoms with Crippen molar-refractivity contribution in [2.75, 3.05) is 33.9 Å². The molecular formula is C11H20N4O3S. The molecule has 1 aliphatic heterocycles. The maximum Gasteiger partial charge on any atom is 0.246 e. The Morgan fingerprint density at radius 3 is 3.05 bits per heavy atom. The van der Waals surface area contributed by atoms with Gasteiger partial charge in [-0.2, -0.15) is 9.40 Å². The molecule has 1 fully saturated rings. The van der Waals surface area contributed by atoms with Gasteiger partial charge in [0.05, 0.1) is 25.4 Å². The molecule has 1 atom stereocenters. The van der Waals surface area contributed by atoms with Gasteiger partial charge in [-0.25, -0.2) is 8.42 Å². The maximum atomic E-state index is 12.4. The summed E-state index contributed by atoms with van der Waals surface area (Å²) in [5.41, 5.74) is 0. The first kappa shape index (κ1) is 14.4. The highest BCUT2D eigenvalue weighted by molar-refractivity contribution is 7.89. The second-order valence-corrected chi connectivity index (χ2v) is 6.58. The SMILES string of the molecule is CNCCn1cc(S(=O)(=O)N(C)C2CCOC2)cn1. The third kappa shape index (κ3) is 3.14. The van der Waals surface area contributed by atoms with Crippen molar-refractivity contribution < 1.29 is 13.2 Å². The summed E-state index contributed by atoms with van der Waals surface area (Å²) in [6.45, 7) is 2.46. The van der Waals surface area contributed by atoms with E-state index in [4.69, 9.17) is 4.74 Å². The van der Waals surface area contributed by atoms with Crippen LogP contribution < -0.4 is 5.32 Å². The second kappa shape index (κ2) is 6.00. The molecule has 0 amide bonds. The highest BCUT2D eigenvalue weighted by Crippen LogP contribution is 2.20. The summed E-state index contributed by atoms with van der Waals surface area (Å²) >= 11 is 0. The summed E-state index contributed by atoms with van der Waals surface area (Å²) in [7, 11) is -0.0379. The van der Waals surface area contributed by atoms with Crippen LogP contribution in [0.4, 0.5) is 0 Å². The van der Waals surface area contributed by atoms with E-state index in [0.29, 0.717) is 19.8 Å². The van der Waals surface area contributed by atoms with Crippen LogP contribution in [0, 0.1) is 0 Å². The molecule has 0 aromatic carbocycles. The molecule has 0 radical (unpaired) electrons. The Morgan fingerprint density at radius 1 is 1.63 bits per heavy atom. The highest BCUT2D eigenvalue weighted by atomic mass is 32.2. The number of nitrogens with one attached hydrogen (secondary N) is 1. The molecule has 1 aliphatic rings. The van der Waals surface area contributed by atoms with E-state index in [1.165, 1.54) is 10.5 Å². The largest absolute Gasteiger partial charge is 0.380 e. The quantitative estimate of drug-likeness (QED) is 0.764. The third-order valence-electron chi connectivity index (χ3n) is 3.30. The normalized spacial score (nSPS) is 20.3. The molecule has 19 heavy (non-hydrogen) atoms. The fourth-order valence-electron chi connectivity index (χ4n) is 2.00. The Kier molecular flexibility index (Phi) is 4.56. The molecule has 1 N–H and O–H groups in total. The van der Waals surface area contributed by atoms with E-state index in [9.17, 15) is 8.42 Å². The van der Waals surface area contributed by atoms with Gasteiger partial charge in [-0.1, -0.05) is 0 Å². The molecule has 7 nitrogen and oxygen atoms in total. The van der Waals surface area contributed by atoms with Crippen molar-refractivity contribution in [2.24, 2.45) is 0 Å². The molecule has 8 heteroatoms. The number of ether oxygens (including phenoxy) is 1. The van der Waals surface area contributed by atoms with Crippen LogP contribution in [0.25, 0.3) is 0 Å². The van der Waals surface area contributed by atoms with E-state index in [0.717, 1.165) is 13.0 Å². The lowest BCUT2D eigenvalue weighted by atomic mass is 10.3. The zero-order valence-electron chi connectivity index (χ0n) is 11.2. The molecule has 1 unspecified atom stereocenters. The predicted molar refractivity (Wildman–Crippen MR) is 70.3 cm³/mol. The molecule has 0 bridgehead atoms. The number of sulfonamides is 1. The average Bonchev–Trinajstić information content (AvgIpc) is 3.06. The number of rotatable bonds is 6. The number of nitrogens with zero attached hydrogens (tertiary/aromatic N) is 3. The molecule has 108 valence electrons. The minimum atomic E-state index is -3.48. The minimum Gasteiger partial charge on any atom is -0.380 e. The molecule has 1 aromatic rings. The first-order valence-electron chi connectivity index (χ1n) is 6.28. The van der Waals surface area contributed by atoms with Crippen molar-refractivity contribution in [3.05, 3.63) is 12.4 Å². The van der Waals surface area contributed by atoms with E-state index in [-0.39, 0.29) is 10.9 Å². The predicted octanol–water partition coefficient (Wildman–Crippen LogP) is -0.488. The van der Waals surface area contributed by atoms with Gasteiger partial charge in [-0.15, -0.1) is 0 Å². The monoisotopic (exact) mass is 288 g/mol. The summed E-state index contributed by atoms with van der Waals surface area (Å²) in [6.07, 6.45) is 3.71. The number of hydrogen-bond acceptors (Lipinski definition) is 5. The topological polar surface area (TPSA) is 76.5 Å². The number of hydrogen-bond donors (Lipinski definition) is 1. The van der Waals surface area contributed by atoms with Crippen LogP contribution in [0.15, 0.2) is 17.3 Å². The Balaban J connectivity index is 2.12. The van der Waals surface area contributed by atoms with Crippen molar-refractivity contribution in [2.45, 2.75) is 23.9 Å². The van der Waals surface area contributed by atoms with Gasteiger partial charge in [0.1, 0.15) is 4.90 Å². The smallest absolute Gasteiger partial charge is 0.246 e. The minimum absolute atomic E-state index is 0.0781. The Labute approximate surface area is 113 Å². The number of aromatic nitrogens is 2. The maximum absolute atomic E-state index is 12.4. The number of likely N-dealkylation sites (N-methyl/N-ethyl adjacent to an activating group) is 2. The first-order chi connectivity index (χ1) is 9.05. The zero-order valence-corrected chi connectivity index (χ0v) is 12.1. The van der Waals surface area contributed by atoms with E-state index in [2.05, 4.69) is 10.4 Å². The Bertz CT molecular complexity index is 508. The molecule has 1 saturated heterocycles. The van der Waals surface area contributed by atoms with Gasteiger partial charge in [0.2, 0.25) is 10.0 Å². The lowest BCUT2D eigenvalue weighted by Gasteiger charge is -2.21. The van der Waals surface area contributed by atoms with Crippen LogP contribution >= 0.6 is 0 Å². The van der Waals surface area contributed by atoms with Crippen molar-refractivity contribution in [1.82, 2.24) is 19.4 Å². The van der Waals surface area contributed by atoms with E-state index in [1.54, 1.807) is 17.9 Å². The summed E-state index contributed by atoms with van der Waals surface area (Å²) in [6, 6.07) is -0.0781. The van der Waals surface area contributed by atoms with Gasteiger partial charge in [0, 0.05) is 26.4 Å². The molecule has 2 heterocycles. The molecular weight excluding hydrogens is 268 g/mol. The van der Waals surface area contributed by atoms with Gasteiger partial charge < -0.3 is 10.1 Å². The van der Waals surface area contributed by atoms with Crippen molar-refractivity contribution in [1.29, 1.82) is 0 Å². The van der Waals surface area contributed by atoms with Gasteiger partial charge in [-0.3, -0.25) is 4.68 Å². The van der Waals surface area contributed by atoms with Crippen molar-refractivity contribution in [3.63, 3.8) is 0 Å². The molecule has 0 aliphatic carbocycles. The van der Waals surface area contributed by atoms with Crippen LogP contribution in [-0.2, 0) is 21.3 Å². The third-order valence-corrected chi connectivity index (χ3v) is 5.16. The van der Waals surface area contributed by atoms with Crippen LogP contribution in [-0.4, -0.2) is 62.4 Å². The fraction of sp³-hybridized carbons (Fsp3) is 0.727. The summed E-state index contributed by atoms with van der Waals surface area (Å²) in [4.78, 5) is 0.234. The average molecular weight is 288 g/mol. The molecule has 0 spiro atoms. The Morgan fingerprint density at radius 2 is 2.42 bits per heavy atom. The zero-order chi connectivity index (χ0) is 13.9. The van der Waals surface area contributed by atoms with E-state index < -0.39 is 10.0 Å². The molecule has 2 rings (SSSR count). The fourth-order valence-corrected chi connectivity index (χ4v) is 3.32. The summed E-state index contributed by atoms with van der Waals surface area (Å²) < 4.78 is 33.1. The van der Waals surface area contributed by atoms with Crippen LogP contribution in [0.1, 0.15) is 6.42 Å². The van der Waals surface area contributed by atoms with Gasteiger partial charge in [-0.05, 0) is 13.5 Å². The lowest BCUT2D eigenvalue weighted by Crippen LogP contribution is -2.37. The summed E-state index contributed by atoms with van der Waals surface area (Å²) in [5, 5.41) is 7.06. The van der Waals surface area contributed by atoms with Crippen LogP contribution in [0.5, 0.6) is 0 Å². The van der Waals surface area contributed by atoms with Crippen molar-refractivity contribution in [3.8, 4) is 0 Å². The van der Waals surface area contributed by atoms with Crippen LogP contribution in [0.2, 0.25) is 0 Å².